The van der Waals surface area contributed by atoms with Gasteiger partial charge in [0, 0.05) is 13.1 Å². The number of benzene rings is 1. The number of hydrogen-bond donors (Lipinski definition) is 5. The van der Waals surface area contributed by atoms with Gasteiger partial charge in [-0.1, -0.05) is 6.92 Å². The van der Waals surface area contributed by atoms with E-state index in [4.69, 9.17) is 10.8 Å². The smallest absolute Gasteiger partial charge is 0.240 e. The number of nitrogens with two attached hydrogens (primary N) is 1. The summed E-state index contributed by atoms with van der Waals surface area (Å²) in [4.78, 5) is 0.0875. The zero-order valence-corrected chi connectivity index (χ0v) is 11.4. The number of nitrogen functional groups attached to an aromatic ring is 1. The minimum atomic E-state index is -3.55. The molecule has 0 spiro atoms. The Hall–Kier alpha value is -1.35. The highest BCUT2D eigenvalue weighted by Gasteiger charge is 2.14. The second-order valence-corrected chi connectivity index (χ2v) is 5.73. The van der Waals surface area contributed by atoms with Crippen LogP contribution in [0.4, 0.5) is 11.4 Å². The standard InChI is InChI=1S/C11H19N3O4S/c1-2-14-19(17,18)9-3-4-10(12)11(5-9)13-6-8(16)7-15/h3-5,8,13-16H,2,6-7,12H2,1H3. The van der Waals surface area contributed by atoms with Gasteiger partial charge >= 0.3 is 0 Å². The van der Waals surface area contributed by atoms with Crippen LogP contribution in [0.3, 0.4) is 0 Å². The Kier molecular flexibility index (Phi) is 5.55. The van der Waals surface area contributed by atoms with E-state index in [2.05, 4.69) is 10.0 Å². The molecule has 0 radical (unpaired) electrons. The van der Waals surface area contributed by atoms with Gasteiger partial charge in [0.15, 0.2) is 0 Å². The molecule has 0 fully saturated rings. The molecule has 1 rings (SSSR count). The third-order valence-electron chi connectivity index (χ3n) is 2.41. The molecule has 1 aromatic carbocycles. The summed E-state index contributed by atoms with van der Waals surface area (Å²) in [6, 6.07) is 4.26. The maximum absolute atomic E-state index is 11.8. The zero-order valence-electron chi connectivity index (χ0n) is 10.6. The molecule has 8 heteroatoms. The average Bonchev–Trinajstić information content (AvgIpc) is 2.37. The van der Waals surface area contributed by atoms with Crippen molar-refractivity contribution in [1.82, 2.24) is 4.72 Å². The molecule has 0 aliphatic heterocycles. The first kappa shape index (κ1) is 15.7. The van der Waals surface area contributed by atoms with Gasteiger partial charge in [-0.2, -0.15) is 0 Å². The molecule has 1 atom stereocenters. The van der Waals surface area contributed by atoms with E-state index in [1.165, 1.54) is 18.2 Å². The molecule has 0 aromatic heterocycles. The number of aliphatic hydroxyl groups is 2. The Labute approximate surface area is 112 Å². The highest BCUT2D eigenvalue weighted by molar-refractivity contribution is 7.89. The van der Waals surface area contributed by atoms with Crippen LogP contribution in [-0.4, -0.2) is 44.4 Å². The zero-order chi connectivity index (χ0) is 14.5. The maximum Gasteiger partial charge on any atom is 0.240 e. The summed E-state index contributed by atoms with van der Waals surface area (Å²) >= 11 is 0. The number of aliphatic hydroxyl groups excluding tert-OH is 2. The lowest BCUT2D eigenvalue weighted by Gasteiger charge is -2.13. The first-order valence-corrected chi connectivity index (χ1v) is 7.31. The van der Waals surface area contributed by atoms with Crippen molar-refractivity contribution in [3.63, 3.8) is 0 Å². The van der Waals surface area contributed by atoms with Crippen LogP contribution in [0.1, 0.15) is 6.92 Å². The fourth-order valence-electron chi connectivity index (χ4n) is 1.42. The summed E-state index contributed by atoms with van der Waals surface area (Å²) < 4.78 is 26.0. The predicted octanol–water partition coefficient (Wildman–Crippen LogP) is -0.668. The Morgan fingerprint density at radius 3 is 2.68 bits per heavy atom. The van der Waals surface area contributed by atoms with E-state index in [0.717, 1.165) is 0 Å². The number of rotatable bonds is 7. The van der Waals surface area contributed by atoms with Crippen molar-refractivity contribution >= 4 is 21.4 Å². The minimum Gasteiger partial charge on any atom is -0.397 e. The molecule has 108 valence electrons. The van der Waals surface area contributed by atoms with Crippen LogP contribution < -0.4 is 15.8 Å². The molecule has 0 saturated carbocycles. The normalized spacial score (nSPS) is 13.2. The van der Waals surface area contributed by atoms with Crippen molar-refractivity contribution in [2.75, 3.05) is 30.7 Å². The van der Waals surface area contributed by atoms with E-state index in [-0.39, 0.29) is 18.0 Å². The SMILES string of the molecule is CCNS(=O)(=O)c1ccc(N)c(NCC(O)CO)c1. The number of nitrogens with one attached hydrogen (secondary N) is 2. The Morgan fingerprint density at radius 2 is 2.11 bits per heavy atom. The molecule has 0 aliphatic carbocycles. The van der Waals surface area contributed by atoms with Gasteiger partial charge < -0.3 is 21.3 Å². The number of sulfonamides is 1. The first-order chi connectivity index (χ1) is 8.90. The Bertz CT molecular complexity index is 519. The largest absolute Gasteiger partial charge is 0.397 e. The van der Waals surface area contributed by atoms with Crippen LogP contribution >= 0.6 is 0 Å². The van der Waals surface area contributed by atoms with E-state index in [9.17, 15) is 13.5 Å². The molecule has 0 bridgehead atoms. The second-order valence-electron chi connectivity index (χ2n) is 3.97. The third kappa shape index (κ3) is 4.35. The Morgan fingerprint density at radius 1 is 1.42 bits per heavy atom. The maximum atomic E-state index is 11.8. The van der Waals surface area contributed by atoms with E-state index in [1.54, 1.807) is 6.92 Å². The quantitative estimate of drug-likeness (QED) is 0.424. The predicted molar refractivity (Wildman–Crippen MR) is 73.3 cm³/mol. The molecule has 0 saturated heterocycles. The van der Waals surface area contributed by atoms with E-state index < -0.39 is 16.1 Å². The molecule has 0 amide bonds. The van der Waals surface area contributed by atoms with Crippen LogP contribution in [0.2, 0.25) is 0 Å². The second kappa shape index (κ2) is 6.71. The lowest BCUT2D eigenvalue weighted by molar-refractivity contribution is 0.105. The summed E-state index contributed by atoms with van der Waals surface area (Å²) in [5, 5.41) is 20.7. The summed E-state index contributed by atoms with van der Waals surface area (Å²) in [5.41, 5.74) is 6.47. The molecule has 7 nitrogen and oxygen atoms in total. The molecule has 6 N–H and O–H groups in total. The van der Waals surface area contributed by atoms with Gasteiger partial charge in [0.05, 0.1) is 29.0 Å². The van der Waals surface area contributed by atoms with Crippen LogP contribution in [0.25, 0.3) is 0 Å². The van der Waals surface area contributed by atoms with Gasteiger partial charge in [-0.15, -0.1) is 0 Å². The number of anilines is 2. The number of hydrogen-bond acceptors (Lipinski definition) is 6. The van der Waals surface area contributed by atoms with Crippen molar-refractivity contribution in [3.05, 3.63) is 18.2 Å². The van der Waals surface area contributed by atoms with Crippen molar-refractivity contribution in [1.29, 1.82) is 0 Å². The first-order valence-electron chi connectivity index (χ1n) is 5.82. The van der Waals surface area contributed by atoms with Crippen LogP contribution in [0.5, 0.6) is 0 Å². The summed E-state index contributed by atoms with van der Waals surface area (Å²) in [6.07, 6.45) is -0.937. The summed E-state index contributed by atoms with van der Waals surface area (Å²) in [6.45, 7) is 1.66. The topological polar surface area (TPSA) is 125 Å². The van der Waals surface area contributed by atoms with Crippen LogP contribution in [0, 0.1) is 0 Å². The lowest BCUT2D eigenvalue weighted by atomic mass is 10.2. The lowest BCUT2D eigenvalue weighted by Crippen LogP contribution is -2.25. The van der Waals surface area contributed by atoms with Gasteiger partial charge in [-0.3, -0.25) is 0 Å². The Balaban J connectivity index is 2.94. The van der Waals surface area contributed by atoms with Crippen LogP contribution in [-0.2, 0) is 10.0 Å². The van der Waals surface area contributed by atoms with Gasteiger partial charge in [-0.05, 0) is 18.2 Å². The minimum absolute atomic E-state index is 0.0748. The average molecular weight is 289 g/mol. The van der Waals surface area contributed by atoms with Crippen molar-refractivity contribution in [2.24, 2.45) is 0 Å². The van der Waals surface area contributed by atoms with Crippen LogP contribution in [0.15, 0.2) is 23.1 Å². The third-order valence-corrected chi connectivity index (χ3v) is 3.95. The van der Waals surface area contributed by atoms with E-state index in [1.807, 2.05) is 0 Å². The van der Waals surface area contributed by atoms with E-state index >= 15 is 0 Å². The highest BCUT2D eigenvalue weighted by Crippen LogP contribution is 2.22. The fourth-order valence-corrected chi connectivity index (χ4v) is 2.49. The molecule has 0 heterocycles. The molecule has 1 aromatic rings. The summed E-state index contributed by atoms with van der Waals surface area (Å²) in [5.74, 6) is 0. The molecular formula is C11H19N3O4S. The van der Waals surface area contributed by atoms with Gasteiger partial charge in [0.25, 0.3) is 0 Å². The van der Waals surface area contributed by atoms with Crippen molar-refractivity contribution < 1.29 is 18.6 Å². The monoisotopic (exact) mass is 289 g/mol. The highest BCUT2D eigenvalue weighted by atomic mass is 32.2. The van der Waals surface area contributed by atoms with Gasteiger partial charge in [-0.25, -0.2) is 13.1 Å². The summed E-state index contributed by atoms with van der Waals surface area (Å²) in [7, 11) is -3.55. The van der Waals surface area contributed by atoms with E-state index in [0.29, 0.717) is 17.9 Å². The van der Waals surface area contributed by atoms with Gasteiger partial charge in [0.1, 0.15) is 0 Å². The van der Waals surface area contributed by atoms with Gasteiger partial charge in [0.2, 0.25) is 10.0 Å². The van der Waals surface area contributed by atoms with Crippen molar-refractivity contribution in [2.45, 2.75) is 17.9 Å². The molecule has 1 unspecified atom stereocenters. The molecular weight excluding hydrogens is 270 g/mol. The fraction of sp³-hybridized carbons (Fsp3) is 0.455. The van der Waals surface area contributed by atoms with Crippen molar-refractivity contribution in [3.8, 4) is 0 Å². The molecule has 0 aliphatic rings. The molecule has 19 heavy (non-hydrogen) atoms.